The highest BCUT2D eigenvalue weighted by molar-refractivity contribution is 7.17. The smallest absolute Gasteiger partial charge is 0.365 e. The molecule has 1 aliphatic rings. The number of hydrogen-bond acceptors (Lipinski definition) is 3. The average molecular weight is 382 g/mol. The second-order valence-corrected chi connectivity index (χ2v) is 7.52. The molecular formula is C18H17F3N2O2S. The summed E-state index contributed by atoms with van der Waals surface area (Å²) in [4.78, 5) is 25.3. The summed E-state index contributed by atoms with van der Waals surface area (Å²) in [5.41, 5.74) is 4.98. The highest BCUT2D eigenvalue weighted by Gasteiger charge is 2.35. The first kappa shape index (κ1) is 18.4. The Kier molecular flexibility index (Phi) is 4.79. The van der Waals surface area contributed by atoms with E-state index in [0.717, 1.165) is 35.4 Å². The maximum atomic E-state index is 13.1. The molecule has 0 spiro atoms. The molecule has 3 rings (SSSR count). The van der Waals surface area contributed by atoms with E-state index in [9.17, 15) is 22.8 Å². The Labute approximate surface area is 152 Å². The van der Waals surface area contributed by atoms with Crippen LogP contribution in [-0.2, 0) is 19.0 Å². The van der Waals surface area contributed by atoms with Crippen LogP contribution in [0.5, 0.6) is 0 Å². The molecule has 0 unspecified atom stereocenters. The monoisotopic (exact) mass is 382 g/mol. The lowest BCUT2D eigenvalue weighted by atomic mass is 9.88. The van der Waals surface area contributed by atoms with E-state index in [1.807, 2.05) is 0 Å². The third kappa shape index (κ3) is 3.46. The standard InChI is InChI=1S/C18H17F3N2O2S/c1-9-6-7-11-13(8-9)26-17(14(11)15(22)24)23-16(25)10-4-2-3-5-12(10)18(19,20)21/h2-5,9H,6-8H2,1H3,(H2,22,24)(H,23,25)/t9-/m0/s1. The number of fused-ring (bicyclic) bond motifs is 1. The third-order valence-corrected chi connectivity index (χ3v) is 5.63. The van der Waals surface area contributed by atoms with Crippen LogP contribution in [0.2, 0.25) is 0 Å². The number of nitrogens with two attached hydrogens (primary N) is 1. The number of carbonyl (C=O) groups is 2. The van der Waals surface area contributed by atoms with Gasteiger partial charge in [0.15, 0.2) is 0 Å². The molecule has 0 aliphatic heterocycles. The van der Waals surface area contributed by atoms with E-state index in [1.165, 1.54) is 23.5 Å². The molecule has 138 valence electrons. The second kappa shape index (κ2) is 6.75. The van der Waals surface area contributed by atoms with Gasteiger partial charge in [-0.1, -0.05) is 19.1 Å². The molecule has 2 amide bonds. The first-order valence-corrected chi connectivity index (χ1v) is 8.92. The van der Waals surface area contributed by atoms with Gasteiger partial charge in [0.25, 0.3) is 11.8 Å². The Balaban J connectivity index is 1.98. The van der Waals surface area contributed by atoms with Gasteiger partial charge < -0.3 is 11.1 Å². The van der Waals surface area contributed by atoms with E-state index in [4.69, 9.17) is 5.73 Å². The maximum absolute atomic E-state index is 13.1. The van der Waals surface area contributed by atoms with Crippen LogP contribution < -0.4 is 11.1 Å². The minimum Gasteiger partial charge on any atom is -0.365 e. The van der Waals surface area contributed by atoms with Crippen molar-refractivity contribution < 1.29 is 22.8 Å². The number of benzene rings is 1. The van der Waals surface area contributed by atoms with Crippen molar-refractivity contribution in [1.29, 1.82) is 0 Å². The second-order valence-electron chi connectivity index (χ2n) is 6.42. The minimum atomic E-state index is -4.65. The van der Waals surface area contributed by atoms with Crippen LogP contribution in [-0.4, -0.2) is 11.8 Å². The highest BCUT2D eigenvalue weighted by Crippen LogP contribution is 2.40. The molecule has 1 heterocycles. The van der Waals surface area contributed by atoms with Crippen molar-refractivity contribution in [2.24, 2.45) is 11.7 Å². The Bertz CT molecular complexity index is 874. The fourth-order valence-corrected chi connectivity index (χ4v) is 4.61. The number of alkyl halides is 3. The summed E-state index contributed by atoms with van der Waals surface area (Å²) in [7, 11) is 0. The predicted octanol–water partition coefficient (Wildman–Crippen LogP) is 4.24. The van der Waals surface area contributed by atoms with Crippen LogP contribution in [0.1, 0.15) is 50.1 Å². The van der Waals surface area contributed by atoms with Gasteiger partial charge in [-0.2, -0.15) is 13.2 Å². The first-order chi connectivity index (χ1) is 12.2. The lowest BCUT2D eigenvalue weighted by molar-refractivity contribution is -0.137. The number of nitrogens with one attached hydrogen (secondary N) is 1. The predicted molar refractivity (Wildman–Crippen MR) is 93.4 cm³/mol. The van der Waals surface area contributed by atoms with Gasteiger partial charge in [0.1, 0.15) is 5.00 Å². The van der Waals surface area contributed by atoms with Crippen LogP contribution in [0.4, 0.5) is 18.2 Å². The molecule has 0 fully saturated rings. The number of hydrogen-bond donors (Lipinski definition) is 2. The number of carbonyl (C=O) groups excluding carboxylic acids is 2. The molecule has 0 saturated carbocycles. The fraction of sp³-hybridized carbons (Fsp3) is 0.333. The summed E-state index contributed by atoms with van der Waals surface area (Å²) in [6, 6.07) is 4.54. The summed E-state index contributed by atoms with van der Waals surface area (Å²) in [6.07, 6.45) is -2.32. The van der Waals surface area contributed by atoms with Gasteiger partial charge in [-0.05, 0) is 42.9 Å². The number of rotatable bonds is 3. The van der Waals surface area contributed by atoms with Gasteiger partial charge in [-0.15, -0.1) is 11.3 Å². The van der Waals surface area contributed by atoms with Gasteiger partial charge in [0.2, 0.25) is 0 Å². The van der Waals surface area contributed by atoms with E-state index in [0.29, 0.717) is 12.3 Å². The number of halogens is 3. The zero-order valence-corrected chi connectivity index (χ0v) is 14.8. The zero-order chi connectivity index (χ0) is 19.1. The number of anilines is 1. The van der Waals surface area contributed by atoms with E-state index >= 15 is 0 Å². The SMILES string of the molecule is C[C@H]1CCc2c(sc(NC(=O)c3ccccc3C(F)(F)F)c2C(N)=O)C1. The molecule has 1 aromatic heterocycles. The first-order valence-electron chi connectivity index (χ1n) is 8.10. The van der Waals surface area contributed by atoms with E-state index in [-0.39, 0.29) is 10.6 Å². The fourth-order valence-electron chi connectivity index (χ4n) is 3.20. The molecule has 26 heavy (non-hydrogen) atoms. The minimum absolute atomic E-state index is 0.217. The van der Waals surface area contributed by atoms with Gasteiger partial charge >= 0.3 is 6.18 Å². The number of amides is 2. The Morgan fingerprint density at radius 2 is 1.96 bits per heavy atom. The van der Waals surface area contributed by atoms with Gasteiger partial charge in [-0.3, -0.25) is 9.59 Å². The molecule has 1 atom stereocenters. The Morgan fingerprint density at radius 3 is 2.62 bits per heavy atom. The summed E-state index contributed by atoms with van der Waals surface area (Å²) < 4.78 is 39.4. The summed E-state index contributed by atoms with van der Waals surface area (Å²) in [6.45, 7) is 2.09. The maximum Gasteiger partial charge on any atom is 0.417 e. The van der Waals surface area contributed by atoms with Crippen molar-refractivity contribution in [3.63, 3.8) is 0 Å². The lowest BCUT2D eigenvalue weighted by Gasteiger charge is -2.18. The molecule has 1 aromatic carbocycles. The van der Waals surface area contributed by atoms with Crippen molar-refractivity contribution >= 4 is 28.2 Å². The zero-order valence-electron chi connectivity index (χ0n) is 13.9. The van der Waals surface area contributed by atoms with Crippen molar-refractivity contribution in [2.75, 3.05) is 5.32 Å². The van der Waals surface area contributed by atoms with E-state index in [2.05, 4.69) is 12.2 Å². The largest absolute Gasteiger partial charge is 0.417 e. The third-order valence-electron chi connectivity index (χ3n) is 4.46. The number of thiophene rings is 1. The average Bonchev–Trinajstić information content (AvgIpc) is 2.90. The molecule has 0 bridgehead atoms. The van der Waals surface area contributed by atoms with Gasteiger partial charge in [-0.25, -0.2) is 0 Å². The Morgan fingerprint density at radius 1 is 1.27 bits per heavy atom. The molecule has 1 aliphatic carbocycles. The highest BCUT2D eigenvalue weighted by atomic mass is 32.1. The lowest BCUT2D eigenvalue weighted by Crippen LogP contribution is -2.21. The Hall–Kier alpha value is -2.35. The molecule has 3 N–H and O–H groups in total. The van der Waals surface area contributed by atoms with Crippen LogP contribution in [0.25, 0.3) is 0 Å². The molecule has 0 saturated heterocycles. The van der Waals surface area contributed by atoms with Gasteiger partial charge in [0, 0.05) is 4.88 Å². The van der Waals surface area contributed by atoms with Crippen molar-refractivity contribution in [3.05, 3.63) is 51.4 Å². The van der Waals surface area contributed by atoms with Crippen LogP contribution in [0.3, 0.4) is 0 Å². The van der Waals surface area contributed by atoms with Crippen LogP contribution >= 0.6 is 11.3 Å². The molecule has 4 nitrogen and oxygen atoms in total. The van der Waals surface area contributed by atoms with E-state index < -0.39 is 29.1 Å². The normalized spacial score (nSPS) is 16.8. The molecule has 0 radical (unpaired) electrons. The quantitative estimate of drug-likeness (QED) is 0.833. The summed E-state index contributed by atoms with van der Waals surface area (Å²) in [5.74, 6) is -1.15. The molecular weight excluding hydrogens is 365 g/mol. The summed E-state index contributed by atoms with van der Waals surface area (Å²) in [5, 5.41) is 2.69. The summed E-state index contributed by atoms with van der Waals surface area (Å²) >= 11 is 1.22. The topological polar surface area (TPSA) is 72.2 Å². The van der Waals surface area contributed by atoms with Gasteiger partial charge in [0.05, 0.1) is 16.7 Å². The van der Waals surface area contributed by atoms with E-state index in [1.54, 1.807) is 0 Å². The molecule has 8 heteroatoms. The van der Waals surface area contributed by atoms with Crippen molar-refractivity contribution in [1.82, 2.24) is 0 Å². The van der Waals surface area contributed by atoms with Crippen LogP contribution in [0, 0.1) is 5.92 Å². The van der Waals surface area contributed by atoms with Crippen molar-refractivity contribution in [2.45, 2.75) is 32.4 Å². The van der Waals surface area contributed by atoms with Crippen LogP contribution in [0.15, 0.2) is 24.3 Å². The van der Waals surface area contributed by atoms with Crippen molar-refractivity contribution in [3.8, 4) is 0 Å². The number of primary amides is 1. The molecule has 2 aromatic rings.